The Bertz CT molecular complexity index is 443. The number of nitrogens with one attached hydrogen (secondary N) is 1. The van der Waals surface area contributed by atoms with Crippen molar-refractivity contribution in [2.24, 2.45) is 0 Å². The SMILES string of the molecule is Cc1c[nH]nc1-c1ccc(C=O)cc1. The largest absolute Gasteiger partial charge is 0.298 e. The predicted octanol–water partition coefficient (Wildman–Crippen LogP) is 2.20. The molecule has 1 aromatic heterocycles. The average molecular weight is 186 g/mol. The topological polar surface area (TPSA) is 45.8 Å². The van der Waals surface area contributed by atoms with Crippen molar-refractivity contribution in [1.82, 2.24) is 10.2 Å². The summed E-state index contributed by atoms with van der Waals surface area (Å²) in [6, 6.07) is 7.37. The number of carbonyl (C=O) groups excluding carboxylic acids is 1. The van der Waals surface area contributed by atoms with E-state index in [9.17, 15) is 4.79 Å². The van der Waals surface area contributed by atoms with E-state index in [2.05, 4.69) is 10.2 Å². The van der Waals surface area contributed by atoms with Crippen LogP contribution >= 0.6 is 0 Å². The van der Waals surface area contributed by atoms with Gasteiger partial charge in [0.25, 0.3) is 0 Å². The van der Waals surface area contributed by atoms with Crippen LogP contribution in [0.15, 0.2) is 30.5 Å². The molecule has 0 fully saturated rings. The Kier molecular flexibility index (Phi) is 2.14. The molecular formula is C11H10N2O. The van der Waals surface area contributed by atoms with Crippen LogP contribution in [0.4, 0.5) is 0 Å². The Balaban J connectivity index is 2.43. The van der Waals surface area contributed by atoms with Crippen molar-refractivity contribution >= 4 is 6.29 Å². The summed E-state index contributed by atoms with van der Waals surface area (Å²) in [4.78, 5) is 10.4. The molecule has 0 amide bonds. The zero-order valence-electron chi connectivity index (χ0n) is 7.82. The molecule has 2 aromatic rings. The summed E-state index contributed by atoms with van der Waals surface area (Å²) >= 11 is 0. The summed E-state index contributed by atoms with van der Waals surface area (Å²) in [6.07, 6.45) is 2.68. The summed E-state index contributed by atoms with van der Waals surface area (Å²) in [5, 5.41) is 6.93. The second kappa shape index (κ2) is 3.46. The standard InChI is InChI=1S/C11H10N2O/c1-8-6-12-13-11(8)10-4-2-9(7-14)3-5-10/h2-7H,1H3,(H,12,13). The van der Waals surface area contributed by atoms with E-state index in [1.54, 1.807) is 12.1 Å². The molecule has 3 heteroatoms. The van der Waals surface area contributed by atoms with E-state index >= 15 is 0 Å². The van der Waals surface area contributed by atoms with Gasteiger partial charge in [-0.1, -0.05) is 24.3 Å². The molecule has 0 aliphatic heterocycles. The Morgan fingerprint density at radius 3 is 2.50 bits per heavy atom. The number of rotatable bonds is 2. The highest BCUT2D eigenvalue weighted by atomic mass is 16.1. The summed E-state index contributed by atoms with van der Waals surface area (Å²) in [5.74, 6) is 0. The van der Waals surface area contributed by atoms with Crippen molar-refractivity contribution in [3.05, 3.63) is 41.6 Å². The van der Waals surface area contributed by atoms with Crippen LogP contribution in [-0.4, -0.2) is 16.5 Å². The molecule has 1 aromatic carbocycles. The van der Waals surface area contributed by atoms with E-state index in [-0.39, 0.29) is 0 Å². The molecule has 0 aliphatic rings. The van der Waals surface area contributed by atoms with Crippen molar-refractivity contribution in [2.75, 3.05) is 0 Å². The average Bonchev–Trinajstić information content (AvgIpc) is 2.65. The van der Waals surface area contributed by atoms with Crippen LogP contribution < -0.4 is 0 Å². The van der Waals surface area contributed by atoms with Crippen LogP contribution in [0.1, 0.15) is 15.9 Å². The van der Waals surface area contributed by atoms with Gasteiger partial charge in [0.1, 0.15) is 6.29 Å². The third-order valence-electron chi connectivity index (χ3n) is 2.15. The monoisotopic (exact) mass is 186 g/mol. The second-order valence-corrected chi connectivity index (χ2v) is 3.16. The number of benzene rings is 1. The van der Waals surface area contributed by atoms with E-state index in [1.165, 1.54) is 0 Å². The molecule has 0 saturated heterocycles. The molecular weight excluding hydrogens is 176 g/mol. The molecule has 1 heterocycles. The number of nitrogens with zero attached hydrogens (tertiary/aromatic N) is 1. The van der Waals surface area contributed by atoms with Gasteiger partial charge in [-0.25, -0.2) is 0 Å². The minimum Gasteiger partial charge on any atom is -0.298 e. The molecule has 1 N–H and O–H groups in total. The van der Waals surface area contributed by atoms with Crippen LogP contribution in [0.3, 0.4) is 0 Å². The summed E-state index contributed by atoms with van der Waals surface area (Å²) in [5.41, 5.74) is 3.74. The van der Waals surface area contributed by atoms with Crippen molar-refractivity contribution in [1.29, 1.82) is 0 Å². The number of aromatic amines is 1. The quantitative estimate of drug-likeness (QED) is 0.731. The van der Waals surface area contributed by atoms with Crippen LogP contribution in [-0.2, 0) is 0 Å². The first-order valence-electron chi connectivity index (χ1n) is 4.37. The molecule has 0 unspecified atom stereocenters. The maximum atomic E-state index is 10.4. The first kappa shape index (κ1) is 8.69. The molecule has 0 aliphatic carbocycles. The fraction of sp³-hybridized carbons (Fsp3) is 0.0909. The van der Waals surface area contributed by atoms with Gasteiger partial charge in [-0.3, -0.25) is 9.89 Å². The van der Waals surface area contributed by atoms with Crippen LogP contribution in [0, 0.1) is 6.92 Å². The smallest absolute Gasteiger partial charge is 0.150 e. The predicted molar refractivity (Wildman–Crippen MR) is 54.1 cm³/mol. The molecule has 0 bridgehead atoms. The summed E-state index contributed by atoms with van der Waals surface area (Å²) < 4.78 is 0. The molecule has 0 spiro atoms. The van der Waals surface area contributed by atoms with Gasteiger partial charge >= 0.3 is 0 Å². The van der Waals surface area contributed by atoms with Gasteiger partial charge in [-0.05, 0) is 12.5 Å². The van der Waals surface area contributed by atoms with Crippen molar-refractivity contribution in [3.63, 3.8) is 0 Å². The Morgan fingerprint density at radius 2 is 2.00 bits per heavy atom. The normalized spacial score (nSPS) is 10.1. The van der Waals surface area contributed by atoms with Crippen molar-refractivity contribution in [3.8, 4) is 11.3 Å². The van der Waals surface area contributed by atoms with Crippen LogP contribution in [0.25, 0.3) is 11.3 Å². The maximum Gasteiger partial charge on any atom is 0.150 e. The van der Waals surface area contributed by atoms with Gasteiger partial charge in [-0.2, -0.15) is 5.10 Å². The molecule has 14 heavy (non-hydrogen) atoms. The van der Waals surface area contributed by atoms with Gasteiger partial charge < -0.3 is 0 Å². The molecule has 0 radical (unpaired) electrons. The van der Waals surface area contributed by atoms with E-state index in [1.807, 2.05) is 25.3 Å². The van der Waals surface area contributed by atoms with E-state index in [4.69, 9.17) is 0 Å². The highest BCUT2D eigenvalue weighted by Crippen LogP contribution is 2.19. The number of aromatic nitrogens is 2. The second-order valence-electron chi connectivity index (χ2n) is 3.16. The Labute approximate surface area is 81.8 Å². The molecule has 3 nitrogen and oxygen atoms in total. The molecule has 0 saturated carbocycles. The highest BCUT2D eigenvalue weighted by Gasteiger charge is 2.03. The Hall–Kier alpha value is -1.90. The van der Waals surface area contributed by atoms with Gasteiger partial charge in [-0.15, -0.1) is 0 Å². The number of hydrogen-bond acceptors (Lipinski definition) is 2. The molecule has 70 valence electrons. The fourth-order valence-electron chi connectivity index (χ4n) is 1.36. The summed E-state index contributed by atoms with van der Waals surface area (Å²) in [7, 11) is 0. The zero-order chi connectivity index (χ0) is 9.97. The zero-order valence-corrected chi connectivity index (χ0v) is 7.82. The minimum absolute atomic E-state index is 0.682. The number of H-pyrrole nitrogens is 1. The van der Waals surface area contributed by atoms with Crippen molar-refractivity contribution < 1.29 is 4.79 Å². The first-order valence-corrected chi connectivity index (χ1v) is 4.37. The first-order chi connectivity index (χ1) is 6.81. The van der Waals surface area contributed by atoms with Crippen LogP contribution in [0.2, 0.25) is 0 Å². The summed E-state index contributed by atoms with van der Waals surface area (Å²) in [6.45, 7) is 1.99. The lowest BCUT2D eigenvalue weighted by Gasteiger charge is -1.97. The van der Waals surface area contributed by atoms with Gasteiger partial charge in [0.2, 0.25) is 0 Å². The van der Waals surface area contributed by atoms with E-state index < -0.39 is 0 Å². The van der Waals surface area contributed by atoms with Crippen molar-refractivity contribution in [2.45, 2.75) is 6.92 Å². The lowest BCUT2D eigenvalue weighted by molar-refractivity contribution is 0.112. The van der Waals surface area contributed by atoms with Gasteiger partial charge in [0, 0.05) is 17.3 Å². The van der Waals surface area contributed by atoms with Gasteiger partial charge in [0.15, 0.2) is 0 Å². The Morgan fingerprint density at radius 1 is 1.29 bits per heavy atom. The fourth-order valence-corrected chi connectivity index (χ4v) is 1.36. The highest BCUT2D eigenvalue weighted by molar-refractivity contribution is 5.76. The van der Waals surface area contributed by atoms with E-state index in [0.717, 1.165) is 23.1 Å². The molecule has 0 atom stereocenters. The number of carbonyl (C=O) groups is 1. The number of hydrogen-bond donors (Lipinski definition) is 1. The minimum atomic E-state index is 0.682. The third-order valence-corrected chi connectivity index (χ3v) is 2.15. The van der Waals surface area contributed by atoms with E-state index in [0.29, 0.717) is 5.56 Å². The number of aryl methyl sites for hydroxylation is 1. The van der Waals surface area contributed by atoms with Crippen LogP contribution in [0.5, 0.6) is 0 Å². The number of aldehydes is 1. The molecule has 2 rings (SSSR count). The van der Waals surface area contributed by atoms with Gasteiger partial charge in [0.05, 0.1) is 5.69 Å². The lowest BCUT2D eigenvalue weighted by atomic mass is 10.1. The third kappa shape index (κ3) is 1.44. The lowest BCUT2D eigenvalue weighted by Crippen LogP contribution is -1.83. The maximum absolute atomic E-state index is 10.4.